The molecule has 0 bridgehead atoms. The van der Waals surface area contributed by atoms with Crippen LogP contribution in [0.2, 0.25) is 0 Å². The van der Waals surface area contributed by atoms with Crippen LogP contribution in [-0.2, 0) is 21.2 Å². The van der Waals surface area contributed by atoms with E-state index in [1.807, 2.05) is 36.1 Å². The van der Waals surface area contributed by atoms with E-state index in [4.69, 9.17) is 0 Å². The number of rotatable bonds is 7. The quantitative estimate of drug-likeness (QED) is 0.311. The number of halogens is 1. The van der Waals surface area contributed by atoms with Crippen LogP contribution in [0.4, 0.5) is 5.69 Å². The van der Waals surface area contributed by atoms with Gasteiger partial charge in [-0.25, -0.2) is 13.4 Å². The molecule has 8 nitrogen and oxygen atoms in total. The van der Waals surface area contributed by atoms with Crippen molar-refractivity contribution in [2.75, 3.05) is 49.3 Å². The zero-order valence-electron chi connectivity index (χ0n) is 16.8. The molecule has 162 valence electrons. The number of nitrogens with one attached hydrogen (secondary N) is 2. The van der Waals surface area contributed by atoms with Crippen LogP contribution in [-0.4, -0.2) is 70.2 Å². The number of nitrogens with zero attached hydrogens (tertiary/aromatic N) is 3. The van der Waals surface area contributed by atoms with E-state index in [0.29, 0.717) is 19.0 Å². The Morgan fingerprint density at radius 1 is 1.14 bits per heavy atom. The van der Waals surface area contributed by atoms with E-state index >= 15 is 0 Å². The van der Waals surface area contributed by atoms with Crippen molar-refractivity contribution in [1.29, 1.82) is 0 Å². The molecule has 2 heterocycles. The Morgan fingerprint density at radius 3 is 2.59 bits per heavy atom. The van der Waals surface area contributed by atoms with Gasteiger partial charge in [0, 0.05) is 32.7 Å². The monoisotopic (exact) mass is 535 g/mol. The Labute approximate surface area is 190 Å². The first-order valence-electron chi connectivity index (χ1n) is 9.89. The normalized spacial score (nSPS) is 16.4. The molecule has 2 aliphatic heterocycles. The average Bonchev–Trinajstić information content (AvgIpc) is 3.35. The van der Waals surface area contributed by atoms with Crippen molar-refractivity contribution in [3.63, 3.8) is 0 Å². The number of para-hydroxylation sites is 1. The summed E-state index contributed by atoms with van der Waals surface area (Å²) in [7, 11) is -3.42. The van der Waals surface area contributed by atoms with Gasteiger partial charge in [0.2, 0.25) is 15.9 Å². The van der Waals surface area contributed by atoms with E-state index in [-0.39, 0.29) is 48.7 Å². The molecule has 0 radical (unpaired) electrons. The summed E-state index contributed by atoms with van der Waals surface area (Å²) in [5.74, 6) is 0.439. The van der Waals surface area contributed by atoms with Gasteiger partial charge in [0.05, 0.1) is 11.4 Å². The molecule has 29 heavy (non-hydrogen) atoms. The van der Waals surface area contributed by atoms with Gasteiger partial charge >= 0.3 is 0 Å². The number of hydrogen-bond acceptors (Lipinski definition) is 4. The second-order valence-electron chi connectivity index (χ2n) is 6.98. The molecular formula is C19H30IN5O3S. The molecule has 2 aliphatic rings. The Bertz CT molecular complexity index is 825. The summed E-state index contributed by atoms with van der Waals surface area (Å²) >= 11 is 0. The molecule has 10 heteroatoms. The zero-order valence-corrected chi connectivity index (χ0v) is 19.9. The van der Waals surface area contributed by atoms with Gasteiger partial charge in [-0.05, 0) is 37.8 Å². The number of sulfonamides is 1. The number of benzene rings is 1. The molecule has 1 fully saturated rings. The number of carbonyl (C=O) groups excluding carboxylic acids is 1. The molecule has 3 rings (SSSR count). The summed E-state index contributed by atoms with van der Waals surface area (Å²) in [4.78, 5) is 18.3. The molecule has 1 aromatic rings. The number of hydrogen-bond donors (Lipinski definition) is 2. The highest BCUT2D eigenvalue weighted by molar-refractivity contribution is 14.0. The molecule has 2 N–H and O–H groups in total. The Morgan fingerprint density at radius 2 is 1.86 bits per heavy atom. The standard InChI is InChI=1S/C19H29N5O3S.HI/c1-2-20-19(22-15-18(25)23-11-5-6-12-23)21-10-14-28(26,27)24-13-9-16-7-3-4-8-17(16)24;/h3-4,7-8H,2,5-6,9-15H2,1H3,(H2,20,21,22);1H. The molecular weight excluding hydrogens is 505 g/mol. The van der Waals surface area contributed by atoms with Crippen LogP contribution in [0.1, 0.15) is 25.3 Å². The Balaban J connectivity index is 0.00000300. The van der Waals surface area contributed by atoms with Gasteiger partial charge in [0.25, 0.3) is 0 Å². The Hall–Kier alpha value is -1.56. The topological polar surface area (TPSA) is 94.1 Å². The Kier molecular flexibility index (Phi) is 9.00. The fourth-order valence-corrected chi connectivity index (χ4v) is 4.99. The highest BCUT2D eigenvalue weighted by atomic mass is 127. The van der Waals surface area contributed by atoms with E-state index in [2.05, 4.69) is 15.6 Å². The second kappa shape index (κ2) is 11.0. The van der Waals surface area contributed by atoms with Crippen molar-refractivity contribution in [1.82, 2.24) is 15.5 Å². The lowest BCUT2D eigenvalue weighted by atomic mass is 10.2. The fourth-order valence-electron chi connectivity index (χ4n) is 3.56. The van der Waals surface area contributed by atoms with Crippen molar-refractivity contribution in [2.45, 2.75) is 26.2 Å². The number of aliphatic imine (C=N–C) groups is 1. The molecule has 0 aliphatic carbocycles. The predicted molar refractivity (Wildman–Crippen MR) is 126 cm³/mol. The number of anilines is 1. The van der Waals surface area contributed by atoms with Crippen LogP contribution in [0.15, 0.2) is 29.3 Å². The summed E-state index contributed by atoms with van der Waals surface area (Å²) in [5.41, 5.74) is 1.84. The lowest BCUT2D eigenvalue weighted by Gasteiger charge is -2.20. The van der Waals surface area contributed by atoms with Gasteiger partial charge in [0.15, 0.2) is 5.96 Å². The van der Waals surface area contributed by atoms with Gasteiger partial charge in [-0.2, -0.15) is 0 Å². The molecule has 0 saturated carbocycles. The second-order valence-corrected chi connectivity index (χ2v) is 8.99. The van der Waals surface area contributed by atoms with E-state index in [1.165, 1.54) is 4.31 Å². The van der Waals surface area contributed by atoms with Crippen molar-refractivity contribution >= 4 is 51.6 Å². The van der Waals surface area contributed by atoms with Crippen LogP contribution >= 0.6 is 24.0 Å². The lowest BCUT2D eigenvalue weighted by molar-refractivity contribution is -0.128. The van der Waals surface area contributed by atoms with E-state index in [1.54, 1.807) is 0 Å². The summed E-state index contributed by atoms with van der Waals surface area (Å²) in [6, 6.07) is 7.61. The SMILES string of the molecule is CCNC(=NCC(=O)N1CCCC1)NCCS(=O)(=O)N1CCc2ccccc21.I. The highest BCUT2D eigenvalue weighted by Crippen LogP contribution is 2.29. The number of guanidine groups is 1. The van der Waals surface area contributed by atoms with Crippen LogP contribution in [0.25, 0.3) is 0 Å². The van der Waals surface area contributed by atoms with Crippen LogP contribution in [0.5, 0.6) is 0 Å². The third-order valence-electron chi connectivity index (χ3n) is 5.01. The maximum absolute atomic E-state index is 12.7. The van der Waals surface area contributed by atoms with Gasteiger partial charge in [0.1, 0.15) is 6.54 Å². The van der Waals surface area contributed by atoms with E-state index < -0.39 is 10.0 Å². The van der Waals surface area contributed by atoms with E-state index in [0.717, 1.165) is 43.6 Å². The third kappa shape index (κ3) is 6.21. The summed E-state index contributed by atoms with van der Waals surface area (Å²) in [5, 5.41) is 6.09. The summed E-state index contributed by atoms with van der Waals surface area (Å²) < 4.78 is 27.0. The minimum absolute atomic E-state index is 0. The number of amides is 1. The zero-order chi connectivity index (χ0) is 20.0. The summed E-state index contributed by atoms with van der Waals surface area (Å²) in [6.07, 6.45) is 2.84. The molecule has 0 aromatic heterocycles. The van der Waals surface area contributed by atoms with Gasteiger partial charge in [-0.3, -0.25) is 9.10 Å². The lowest BCUT2D eigenvalue weighted by Crippen LogP contribution is -2.42. The number of likely N-dealkylation sites (tertiary alicyclic amines) is 1. The fraction of sp³-hybridized carbons (Fsp3) is 0.579. The maximum Gasteiger partial charge on any atom is 0.244 e. The maximum atomic E-state index is 12.7. The number of fused-ring (bicyclic) bond motifs is 1. The van der Waals surface area contributed by atoms with Crippen LogP contribution in [0, 0.1) is 0 Å². The first-order chi connectivity index (χ1) is 13.5. The molecule has 1 saturated heterocycles. The van der Waals surface area contributed by atoms with Crippen molar-refractivity contribution in [2.24, 2.45) is 4.99 Å². The predicted octanol–water partition coefficient (Wildman–Crippen LogP) is 1.17. The largest absolute Gasteiger partial charge is 0.357 e. The van der Waals surface area contributed by atoms with Gasteiger partial charge in [-0.1, -0.05) is 18.2 Å². The molecule has 1 amide bonds. The third-order valence-corrected chi connectivity index (χ3v) is 6.78. The van der Waals surface area contributed by atoms with Crippen molar-refractivity contribution < 1.29 is 13.2 Å². The van der Waals surface area contributed by atoms with Crippen LogP contribution in [0.3, 0.4) is 0 Å². The van der Waals surface area contributed by atoms with Gasteiger partial charge in [-0.15, -0.1) is 24.0 Å². The average molecular weight is 535 g/mol. The van der Waals surface area contributed by atoms with Crippen molar-refractivity contribution in [3.05, 3.63) is 29.8 Å². The first-order valence-corrected chi connectivity index (χ1v) is 11.5. The minimum atomic E-state index is -3.42. The highest BCUT2D eigenvalue weighted by Gasteiger charge is 2.28. The minimum Gasteiger partial charge on any atom is -0.357 e. The number of carbonyl (C=O) groups is 1. The molecule has 0 atom stereocenters. The van der Waals surface area contributed by atoms with Crippen molar-refractivity contribution in [3.8, 4) is 0 Å². The smallest absolute Gasteiger partial charge is 0.244 e. The molecule has 0 unspecified atom stereocenters. The molecule has 0 spiro atoms. The first kappa shape index (κ1) is 23.7. The van der Waals surface area contributed by atoms with Gasteiger partial charge < -0.3 is 15.5 Å². The van der Waals surface area contributed by atoms with E-state index in [9.17, 15) is 13.2 Å². The summed E-state index contributed by atoms with van der Waals surface area (Å²) in [6.45, 7) is 4.95. The van der Waals surface area contributed by atoms with Crippen LogP contribution < -0.4 is 14.9 Å². The molecule has 1 aromatic carbocycles.